The summed E-state index contributed by atoms with van der Waals surface area (Å²) in [5.74, 6) is -0.189. The molecule has 1 aliphatic carbocycles. The third-order valence-electron chi connectivity index (χ3n) is 4.11. The van der Waals surface area contributed by atoms with Crippen LogP contribution in [0.2, 0.25) is 0 Å². The first-order chi connectivity index (χ1) is 9.49. The second-order valence-corrected chi connectivity index (χ2v) is 5.89. The monoisotopic (exact) mass is 278 g/mol. The fourth-order valence-corrected chi connectivity index (χ4v) is 3.00. The summed E-state index contributed by atoms with van der Waals surface area (Å²) in [4.78, 5) is 14.0. The Morgan fingerprint density at radius 1 is 1.35 bits per heavy atom. The molecule has 0 unspecified atom stereocenters. The van der Waals surface area contributed by atoms with Crippen LogP contribution in [0.4, 0.5) is 10.1 Å². The summed E-state index contributed by atoms with van der Waals surface area (Å²) < 4.78 is 14.1. The van der Waals surface area contributed by atoms with Crippen LogP contribution in [0, 0.1) is 18.7 Å². The Labute approximate surface area is 120 Å². The van der Waals surface area contributed by atoms with Crippen LogP contribution in [0.15, 0.2) is 12.1 Å². The molecule has 0 aromatic heterocycles. The van der Waals surface area contributed by atoms with Gasteiger partial charge in [-0.3, -0.25) is 4.79 Å². The molecule has 0 saturated heterocycles. The van der Waals surface area contributed by atoms with Crippen molar-refractivity contribution in [2.75, 3.05) is 19.3 Å². The molecule has 1 aromatic rings. The van der Waals surface area contributed by atoms with Crippen LogP contribution in [-0.4, -0.2) is 24.4 Å². The van der Waals surface area contributed by atoms with E-state index in [4.69, 9.17) is 5.73 Å². The predicted molar refractivity (Wildman–Crippen MR) is 79.1 cm³/mol. The van der Waals surface area contributed by atoms with Crippen molar-refractivity contribution in [3.8, 4) is 0 Å². The van der Waals surface area contributed by atoms with Crippen LogP contribution < -0.4 is 5.73 Å². The topological polar surface area (TPSA) is 46.3 Å². The summed E-state index contributed by atoms with van der Waals surface area (Å²) in [5.41, 5.74) is 6.64. The van der Waals surface area contributed by atoms with Gasteiger partial charge in [-0.25, -0.2) is 4.39 Å². The second kappa shape index (κ2) is 6.25. The molecule has 0 heterocycles. The molecule has 1 aromatic carbocycles. The summed E-state index contributed by atoms with van der Waals surface area (Å²) in [7, 11) is 1.74. The van der Waals surface area contributed by atoms with Crippen molar-refractivity contribution in [3.05, 3.63) is 29.1 Å². The number of nitrogens with zero attached hydrogens (tertiary/aromatic N) is 1. The van der Waals surface area contributed by atoms with E-state index >= 15 is 0 Å². The first kappa shape index (κ1) is 14.8. The standard InChI is InChI=1S/C16H23FN2O/c1-11-8-13(18)9-14(15(11)17)16(20)19(2)10-12-6-4-3-5-7-12/h8-9,12H,3-7,10,18H2,1-2H3. The van der Waals surface area contributed by atoms with E-state index in [9.17, 15) is 9.18 Å². The van der Waals surface area contributed by atoms with E-state index in [1.807, 2.05) is 0 Å². The number of rotatable bonds is 3. The van der Waals surface area contributed by atoms with Gasteiger partial charge in [0, 0.05) is 19.3 Å². The number of benzene rings is 1. The molecule has 110 valence electrons. The summed E-state index contributed by atoms with van der Waals surface area (Å²) in [6, 6.07) is 2.98. The smallest absolute Gasteiger partial charge is 0.256 e. The van der Waals surface area contributed by atoms with Gasteiger partial charge in [0.15, 0.2) is 0 Å². The number of nitrogen functional groups attached to an aromatic ring is 1. The number of halogens is 1. The third kappa shape index (κ3) is 3.30. The molecule has 2 N–H and O–H groups in total. The van der Waals surface area contributed by atoms with Crippen molar-refractivity contribution in [2.45, 2.75) is 39.0 Å². The van der Waals surface area contributed by atoms with E-state index < -0.39 is 5.82 Å². The van der Waals surface area contributed by atoms with Crippen LogP contribution >= 0.6 is 0 Å². The van der Waals surface area contributed by atoms with E-state index in [1.165, 1.54) is 25.3 Å². The van der Waals surface area contributed by atoms with Crippen LogP contribution in [0.5, 0.6) is 0 Å². The highest BCUT2D eigenvalue weighted by atomic mass is 19.1. The van der Waals surface area contributed by atoms with Crippen molar-refractivity contribution < 1.29 is 9.18 Å². The number of carbonyl (C=O) groups excluding carboxylic acids is 1. The number of aryl methyl sites for hydroxylation is 1. The van der Waals surface area contributed by atoms with E-state index in [0.29, 0.717) is 23.7 Å². The maximum atomic E-state index is 14.1. The largest absolute Gasteiger partial charge is 0.399 e. The molecule has 0 bridgehead atoms. The van der Waals surface area contributed by atoms with Gasteiger partial charge in [0.05, 0.1) is 5.56 Å². The molecule has 20 heavy (non-hydrogen) atoms. The van der Waals surface area contributed by atoms with Gasteiger partial charge in [-0.05, 0) is 43.4 Å². The lowest BCUT2D eigenvalue weighted by atomic mass is 9.89. The zero-order valence-electron chi connectivity index (χ0n) is 12.3. The molecule has 0 atom stereocenters. The highest BCUT2D eigenvalue weighted by Crippen LogP contribution is 2.25. The van der Waals surface area contributed by atoms with Gasteiger partial charge in [-0.15, -0.1) is 0 Å². The van der Waals surface area contributed by atoms with Gasteiger partial charge in [0.1, 0.15) is 5.82 Å². The number of anilines is 1. The molecule has 1 aliphatic rings. The zero-order valence-corrected chi connectivity index (χ0v) is 12.3. The number of hydrogen-bond acceptors (Lipinski definition) is 2. The van der Waals surface area contributed by atoms with Crippen LogP contribution in [0.25, 0.3) is 0 Å². The Balaban J connectivity index is 2.10. The molecule has 0 aliphatic heterocycles. The molecule has 1 fully saturated rings. The molecule has 0 radical (unpaired) electrons. The molecule has 4 heteroatoms. The summed E-state index contributed by atoms with van der Waals surface area (Å²) in [6.45, 7) is 2.33. The van der Waals surface area contributed by atoms with Crippen molar-refractivity contribution in [3.63, 3.8) is 0 Å². The fourth-order valence-electron chi connectivity index (χ4n) is 3.00. The fraction of sp³-hybridized carbons (Fsp3) is 0.562. The first-order valence-electron chi connectivity index (χ1n) is 7.30. The van der Waals surface area contributed by atoms with Crippen LogP contribution in [0.3, 0.4) is 0 Å². The predicted octanol–water partition coefficient (Wildman–Crippen LogP) is 3.37. The first-order valence-corrected chi connectivity index (χ1v) is 7.30. The Kier molecular flexibility index (Phi) is 4.63. The van der Waals surface area contributed by atoms with Gasteiger partial charge in [-0.1, -0.05) is 19.3 Å². The molecule has 0 spiro atoms. The maximum absolute atomic E-state index is 14.1. The van der Waals surface area contributed by atoms with Crippen LogP contribution in [-0.2, 0) is 0 Å². The Morgan fingerprint density at radius 3 is 2.65 bits per heavy atom. The van der Waals surface area contributed by atoms with E-state index in [0.717, 1.165) is 12.8 Å². The molecule has 1 amide bonds. The Bertz CT molecular complexity index is 495. The molecular weight excluding hydrogens is 255 g/mol. The summed E-state index contributed by atoms with van der Waals surface area (Å²) in [5, 5.41) is 0. The number of carbonyl (C=O) groups is 1. The average Bonchev–Trinajstić information content (AvgIpc) is 2.43. The second-order valence-electron chi connectivity index (χ2n) is 5.89. The van der Waals surface area contributed by atoms with Crippen molar-refractivity contribution in [1.29, 1.82) is 0 Å². The Morgan fingerprint density at radius 2 is 2.00 bits per heavy atom. The number of amides is 1. The third-order valence-corrected chi connectivity index (χ3v) is 4.11. The normalized spacial score (nSPS) is 16.1. The van der Waals surface area contributed by atoms with E-state index in [2.05, 4.69) is 0 Å². The highest BCUT2D eigenvalue weighted by Gasteiger charge is 2.22. The van der Waals surface area contributed by atoms with E-state index in [-0.39, 0.29) is 11.5 Å². The molecule has 1 saturated carbocycles. The SMILES string of the molecule is Cc1cc(N)cc(C(=O)N(C)CC2CCCCC2)c1F. The van der Waals surface area contributed by atoms with Gasteiger partial charge in [-0.2, -0.15) is 0 Å². The van der Waals surface area contributed by atoms with Crippen molar-refractivity contribution in [2.24, 2.45) is 5.92 Å². The van der Waals surface area contributed by atoms with Gasteiger partial charge >= 0.3 is 0 Å². The summed E-state index contributed by atoms with van der Waals surface area (Å²) in [6.07, 6.45) is 6.08. The number of hydrogen-bond donors (Lipinski definition) is 1. The lowest BCUT2D eigenvalue weighted by Crippen LogP contribution is -2.33. The van der Waals surface area contributed by atoms with Crippen molar-refractivity contribution >= 4 is 11.6 Å². The lowest BCUT2D eigenvalue weighted by Gasteiger charge is -2.27. The minimum Gasteiger partial charge on any atom is -0.399 e. The summed E-state index contributed by atoms with van der Waals surface area (Å²) >= 11 is 0. The van der Waals surface area contributed by atoms with E-state index in [1.54, 1.807) is 24.9 Å². The quantitative estimate of drug-likeness (QED) is 0.862. The average molecular weight is 278 g/mol. The minimum absolute atomic E-state index is 0.0841. The highest BCUT2D eigenvalue weighted by molar-refractivity contribution is 5.95. The number of nitrogens with two attached hydrogens (primary N) is 1. The molecule has 3 nitrogen and oxygen atoms in total. The van der Waals surface area contributed by atoms with Gasteiger partial charge in [0.2, 0.25) is 0 Å². The molecular formula is C16H23FN2O. The molecule has 2 rings (SSSR count). The minimum atomic E-state index is -0.459. The van der Waals surface area contributed by atoms with Gasteiger partial charge < -0.3 is 10.6 Å². The Hall–Kier alpha value is -1.58. The van der Waals surface area contributed by atoms with Crippen molar-refractivity contribution in [1.82, 2.24) is 4.90 Å². The lowest BCUT2D eigenvalue weighted by molar-refractivity contribution is 0.0756. The van der Waals surface area contributed by atoms with Gasteiger partial charge in [0.25, 0.3) is 5.91 Å². The van der Waals surface area contributed by atoms with Crippen LogP contribution in [0.1, 0.15) is 48.0 Å². The maximum Gasteiger partial charge on any atom is 0.256 e. The zero-order chi connectivity index (χ0) is 14.7.